The van der Waals surface area contributed by atoms with Crippen molar-refractivity contribution < 1.29 is 4.79 Å². The van der Waals surface area contributed by atoms with Crippen LogP contribution in [0.25, 0.3) is 0 Å². The number of carbonyl (C=O) groups excluding carboxylic acids is 1. The zero-order chi connectivity index (χ0) is 12.4. The number of terminal acetylenes is 1. The maximum absolute atomic E-state index is 11.7. The number of hydrogen-bond donors (Lipinski definition) is 0. The minimum Gasteiger partial charge on any atom is -0.337 e. The summed E-state index contributed by atoms with van der Waals surface area (Å²) in [6.07, 6.45) is 5.81. The molecule has 0 radical (unpaired) electrons. The van der Waals surface area contributed by atoms with Crippen molar-refractivity contribution in [2.24, 2.45) is 5.92 Å². The number of nitrogens with zero attached hydrogens (tertiary/aromatic N) is 1. The van der Waals surface area contributed by atoms with Crippen LogP contribution in [0.3, 0.4) is 0 Å². The summed E-state index contributed by atoms with van der Waals surface area (Å²) in [5.41, 5.74) is 1.05. The first-order chi connectivity index (χ1) is 8.10. The molecular weight excluding hydrogens is 302 g/mol. The van der Waals surface area contributed by atoms with E-state index in [2.05, 4.69) is 21.9 Å². The van der Waals surface area contributed by atoms with Crippen LogP contribution in [-0.2, 0) is 11.3 Å². The predicted molar refractivity (Wildman–Crippen MR) is 71.5 cm³/mol. The first-order valence-electron chi connectivity index (χ1n) is 5.28. The number of amides is 1. The summed E-state index contributed by atoms with van der Waals surface area (Å²) in [5, 5.41) is 0.669. The molecular formula is C13H11BrClNO. The summed E-state index contributed by atoms with van der Waals surface area (Å²) in [6.45, 7) is 1.24. The fourth-order valence-electron chi connectivity index (χ4n) is 1.90. The summed E-state index contributed by atoms with van der Waals surface area (Å²) in [6, 6.07) is 5.67. The molecule has 0 aromatic heterocycles. The molecule has 1 unspecified atom stereocenters. The van der Waals surface area contributed by atoms with Gasteiger partial charge < -0.3 is 4.90 Å². The van der Waals surface area contributed by atoms with Crippen molar-refractivity contribution in [3.05, 3.63) is 33.3 Å². The van der Waals surface area contributed by atoms with Crippen LogP contribution in [0.15, 0.2) is 22.7 Å². The molecule has 0 aliphatic carbocycles. The van der Waals surface area contributed by atoms with Crippen molar-refractivity contribution in [1.82, 2.24) is 4.90 Å². The van der Waals surface area contributed by atoms with Crippen molar-refractivity contribution in [2.45, 2.75) is 13.0 Å². The summed E-state index contributed by atoms with van der Waals surface area (Å²) < 4.78 is 0.844. The Balaban J connectivity index is 2.09. The highest BCUT2D eigenvalue weighted by Crippen LogP contribution is 2.25. The number of likely N-dealkylation sites (tertiary alicyclic amines) is 1. The van der Waals surface area contributed by atoms with Gasteiger partial charge in [0.05, 0.1) is 5.02 Å². The van der Waals surface area contributed by atoms with Crippen molar-refractivity contribution in [3.8, 4) is 12.3 Å². The molecule has 0 bridgehead atoms. The molecule has 88 valence electrons. The molecule has 1 aromatic rings. The van der Waals surface area contributed by atoms with E-state index in [4.69, 9.17) is 18.0 Å². The van der Waals surface area contributed by atoms with Crippen molar-refractivity contribution in [2.75, 3.05) is 6.54 Å². The molecule has 4 heteroatoms. The molecule has 1 heterocycles. The molecule has 2 nitrogen and oxygen atoms in total. The third kappa shape index (κ3) is 2.83. The van der Waals surface area contributed by atoms with Gasteiger partial charge in [0.2, 0.25) is 5.91 Å². The molecule has 1 aromatic carbocycles. The van der Waals surface area contributed by atoms with Gasteiger partial charge in [-0.3, -0.25) is 4.79 Å². The van der Waals surface area contributed by atoms with E-state index in [0.29, 0.717) is 24.5 Å². The fourth-order valence-corrected chi connectivity index (χ4v) is 2.44. The monoisotopic (exact) mass is 311 g/mol. The van der Waals surface area contributed by atoms with Gasteiger partial charge in [-0.25, -0.2) is 0 Å². The Labute approximate surface area is 114 Å². The molecule has 1 saturated heterocycles. The maximum Gasteiger partial charge on any atom is 0.224 e. The standard InChI is InChI=1S/C13H11BrClNO/c1-2-9-6-13(17)16(7-9)8-10-3-4-12(15)11(14)5-10/h1,3-5,9H,6-8H2. The fraction of sp³-hybridized carbons (Fsp3) is 0.308. The second-order valence-corrected chi connectivity index (χ2v) is 5.35. The minimum absolute atomic E-state index is 0.0539. The van der Waals surface area contributed by atoms with E-state index >= 15 is 0 Å². The van der Waals surface area contributed by atoms with Crippen LogP contribution in [0, 0.1) is 18.3 Å². The van der Waals surface area contributed by atoms with Gasteiger partial charge in [0.25, 0.3) is 0 Å². The zero-order valence-corrected chi connectivity index (χ0v) is 11.5. The van der Waals surface area contributed by atoms with Gasteiger partial charge in [0.15, 0.2) is 0 Å². The number of rotatable bonds is 2. The Morgan fingerprint density at radius 2 is 2.35 bits per heavy atom. The highest BCUT2D eigenvalue weighted by atomic mass is 79.9. The third-order valence-electron chi connectivity index (χ3n) is 2.81. The van der Waals surface area contributed by atoms with Crippen LogP contribution >= 0.6 is 27.5 Å². The Bertz CT molecular complexity index is 495. The van der Waals surface area contributed by atoms with Gasteiger partial charge in [-0.1, -0.05) is 17.7 Å². The van der Waals surface area contributed by atoms with E-state index in [0.717, 1.165) is 10.0 Å². The van der Waals surface area contributed by atoms with Gasteiger partial charge in [0.1, 0.15) is 0 Å². The summed E-state index contributed by atoms with van der Waals surface area (Å²) in [5.74, 6) is 2.82. The van der Waals surface area contributed by atoms with E-state index in [-0.39, 0.29) is 11.8 Å². The smallest absolute Gasteiger partial charge is 0.224 e. The number of halogens is 2. The number of carbonyl (C=O) groups is 1. The molecule has 2 rings (SSSR count). The molecule has 1 fully saturated rings. The van der Waals surface area contributed by atoms with E-state index in [1.807, 2.05) is 18.2 Å². The molecule has 17 heavy (non-hydrogen) atoms. The Morgan fingerprint density at radius 3 is 2.94 bits per heavy atom. The van der Waals surface area contributed by atoms with Gasteiger partial charge in [0, 0.05) is 29.9 Å². The quantitative estimate of drug-likeness (QED) is 0.769. The SMILES string of the molecule is C#CC1CC(=O)N(Cc2ccc(Cl)c(Br)c2)C1. The lowest BCUT2D eigenvalue weighted by atomic mass is 10.1. The third-order valence-corrected chi connectivity index (χ3v) is 4.02. The van der Waals surface area contributed by atoms with Crippen LogP contribution in [0.4, 0.5) is 0 Å². The lowest BCUT2D eigenvalue weighted by molar-refractivity contribution is -0.128. The van der Waals surface area contributed by atoms with Gasteiger partial charge in [-0.15, -0.1) is 12.3 Å². The average Bonchev–Trinajstić information content (AvgIpc) is 2.65. The van der Waals surface area contributed by atoms with Crippen molar-refractivity contribution in [1.29, 1.82) is 0 Å². The molecule has 0 saturated carbocycles. The van der Waals surface area contributed by atoms with E-state index in [9.17, 15) is 4.79 Å². The maximum atomic E-state index is 11.7. The topological polar surface area (TPSA) is 20.3 Å². The van der Waals surface area contributed by atoms with Gasteiger partial charge >= 0.3 is 0 Å². The van der Waals surface area contributed by atoms with Crippen LogP contribution in [0.5, 0.6) is 0 Å². The number of hydrogen-bond acceptors (Lipinski definition) is 1. The average molecular weight is 313 g/mol. The van der Waals surface area contributed by atoms with E-state index < -0.39 is 0 Å². The first kappa shape index (κ1) is 12.5. The molecule has 1 amide bonds. The second kappa shape index (κ2) is 5.12. The van der Waals surface area contributed by atoms with Crippen LogP contribution in [0.2, 0.25) is 5.02 Å². The van der Waals surface area contributed by atoms with Gasteiger partial charge in [-0.05, 0) is 33.6 Å². The highest BCUT2D eigenvalue weighted by molar-refractivity contribution is 9.10. The minimum atomic E-state index is 0.0539. The predicted octanol–water partition coefficient (Wildman–Crippen LogP) is 3.08. The molecule has 1 aliphatic rings. The lowest BCUT2D eigenvalue weighted by Gasteiger charge is -2.16. The summed E-state index contributed by atoms with van der Waals surface area (Å²) in [7, 11) is 0. The lowest BCUT2D eigenvalue weighted by Crippen LogP contribution is -2.24. The number of benzene rings is 1. The molecule has 1 aliphatic heterocycles. The van der Waals surface area contributed by atoms with Crippen LogP contribution < -0.4 is 0 Å². The normalized spacial score (nSPS) is 19.5. The molecule has 0 N–H and O–H groups in total. The first-order valence-corrected chi connectivity index (χ1v) is 6.45. The van der Waals surface area contributed by atoms with Crippen LogP contribution in [0.1, 0.15) is 12.0 Å². The summed E-state index contributed by atoms with van der Waals surface area (Å²) in [4.78, 5) is 13.5. The largest absolute Gasteiger partial charge is 0.337 e. The Hall–Kier alpha value is -0.980. The van der Waals surface area contributed by atoms with Crippen molar-refractivity contribution in [3.63, 3.8) is 0 Å². The van der Waals surface area contributed by atoms with Gasteiger partial charge in [-0.2, -0.15) is 0 Å². The van der Waals surface area contributed by atoms with E-state index in [1.165, 1.54) is 0 Å². The van der Waals surface area contributed by atoms with Crippen LogP contribution in [-0.4, -0.2) is 17.4 Å². The second-order valence-electron chi connectivity index (χ2n) is 4.09. The molecule has 0 spiro atoms. The summed E-state index contributed by atoms with van der Waals surface area (Å²) >= 11 is 9.29. The molecule has 1 atom stereocenters. The Morgan fingerprint density at radius 1 is 1.59 bits per heavy atom. The Kier molecular flexibility index (Phi) is 3.76. The zero-order valence-electron chi connectivity index (χ0n) is 9.12. The highest BCUT2D eigenvalue weighted by Gasteiger charge is 2.27. The van der Waals surface area contributed by atoms with Crippen molar-refractivity contribution >= 4 is 33.4 Å². The van der Waals surface area contributed by atoms with E-state index in [1.54, 1.807) is 4.90 Å².